The highest BCUT2D eigenvalue weighted by Gasteiger charge is 2.42. The van der Waals surface area contributed by atoms with Crippen LogP contribution >= 0.6 is 0 Å². The van der Waals surface area contributed by atoms with Crippen LogP contribution in [0.1, 0.15) is 30.5 Å². The lowest BCUT2D eigenvalue weighted by atomic mass is 9.66. The average Bonchev–Trinajstić information content (AvgIpc) is 2.74. The van der Waals surface area contributed by atoms with Gasteiger partial charge in [-0.1, -0.05) is 6.42 Å². The van der Waals surface area contributed by atoms with E-state index < -0.39 is 11.2 Å². The van der Waals surface area contributed by atoms with Gasteiger partial charge in [-0.2, -0.15) is 5.26 Å². The number of methoxy groups -OCH3 is 1. The lowest BCUT2D eigenvalue weighted by molar-refractivity contribution is 0.243. The first-order valence-corrected chi connectivity index (χ1v) is 9.39. The van der Waals surface area contributed by atoms with Crippen LogP contribution in [0.3, 0.4) is 0 Å². The van der Waals surface area contributed by atoms with Crippen molar-refractivity contribution in [3.05, 3.63) is 59.6 Å². The maximum Gasteiger partial charge on any atom is 0.242 e. The van der Waals surface area contributed by atoms with E-state index in [0.717, 1.165) is 19.3 Å². The second-order valence-corrected chi connectivity index (χ2v) is 7.10. The summed E-state index contributed by atoms with van der Waals surface area (Å²) in [5.41, 5.74) is 0.370. The highest BCUT2D eigenvalue weighted by molar-refractivity contribution is 5.71. The van der Waals surface area contributed by atoms with Crippen molar-refractivity contribution in [2.45, 2.75) is 24.7 Å². The molecule has 4 rings (SSSR count). The molecule has 9 heteroatoms. The number of nitrogens with one attached hydrogen (secondary N) is 1. The third kappa shape index (κ3) is 3.41. The van der Waals surface area contributed by atoms with Gasteiger partial charge in [0.05, 0.1) is 30.1 Å². The van der Waals surface area contributed by atoms with E-state index >= 15 is 0 Å². The summed E-state index contributed by atoms with van der Waals surface area (Å²) in [6.07, 6.45) is 5.55. The second-order valence-electron chi connectivity index (χ2n) is 7.10. The fraction of sp³-hybridized carbons (Fsp3) is 0.286. The fourth-order valence-corrected chi connectivity index (χ4v) is 3.69. The highest BCUT2D eigenvalue weighted by Crippen LogP contribution is 2.43. The lowest BCUT2D eigenvalue weighted by Gasteiger charge is -2.41. The molecular formula is C21H18F2N6O. The maximum absolute atomic E-state index is 14.4. The van der Waals surface area contributed by atoms with Crippen LogP contribution < -0.4 is 10.1 Å². The number of nitriles is 1. The first-order chi connectivity index (χ1) is 14.6. The van der Waals surface area contributed by atoms with Gasteiger partial charge in [-0.3, -0.25) is 4.98 Å². The van der Waals surface area contributed by atoms with Gasteiger partial charge >= 0.3 is 0 Å². The van der Waals surface area contributed by atoms with Gasteiger partial charge in [-0.05, 0) is 37.1 Å². The molecular weight excluding hydrogens is 390 g/mol. The molecule has 1 aromatic carbocycles. The van der Waals surface area contributed by atoms with Gasteiger partial charge in [-0.15, -0.1) is 10.2 Å². The Labute approximate surface area is 171 Å². The summed E-state index contributed by atoms with van der Waals surface area (Å²) in [6.45, 7) is 0.406. The molecule has 0 saturated heterocycles. The number of nitrogens with zero attached hydrogens (tertiary/aromatic N) is 5. The van der Waals surface area contributed by atoms with Crippen molar-refractivity contribution in [3.8, 4) is 23.1 Å². The van der Waals surface area contributed by atoms with Crippen molar-refractivity contribution in [1.29, 1.82) is 5.26 Å². The minimum Gasteiger partial charge on any atom is -0.495 e. The summed E-state index contributed by atoms with van der Waals surface area (Å²) >= 11 is 0. The maximum atomic E-state index is 14.4. The molecule has 1 fully saturated rings. The fourth-order valence-electron chi connectivity index (χ4n) is 3.69. The summed E-state index contributed by atoms with van der Waals surface area (Å²) in [7, 11) is 1.35. The first-order valence-electron chi connectivity index (χ1n) is 9.39. The van der Waals surface area contributed by atoms with Gasteiger partial charge in [0.15, 0.2) is 0 Å². The third-order valence-corrected chi connectivity index (χ3v) is 5.41. The summed E-state index contributed by atoms with van der Waals surface area (Å²) < 4.78 is 33.8. The Morgan fingerprint density at radius 3 is 2.60 bits per heavy atom. The van der Waals surface area contributed by atoms with E-state index in [0.29, 0.717) is 12.2 Å². The normalized spacial score (nSPS) is 14.5. The zero-order valence-electron chi connectivity index (χ0n) is 16.2. The van der Waals surface area contributed by atoms with E-state index in [9.17, 15) is 14.0 Å². The zero-order valence-corrected chi connectivity index (χ0v) is 16.2. The number of aromatic nitrogens is 4. The van der Waals surface area contributed by atoms with Crippen molar-refractivity contribution in [2.75, 3.05) is 19.0 Å². The molecule has 0 unspecified atom stereocenters. The number of hydrogen-bond donors (Lipinski definition) is 1. The number of pyridine rings is 1. The molecule has 0 spiro atoms. The van der Waals surface area contributed by atoms with E-state index in [1.54, 1.807) is 12.3 Å². The summed E-state index contributed by atoms with van der Waals surface area (Å²) in [6, 6.07) is 7.44. The number of anilines is 1. The SMILES string of the molecule is COc1c(C#N)ccc(F)c1-c1cnc(NCC2(c3ncccc3F)CCC2)nn1. The number of halogens is 2. The standard InChI is InChI=1S/C21H18F2N6O/c1-30-18-13(10-24)5-6-14(22)17(18)16-11-26-20(29-28-16)27-12-21(7-3-8-21)19-15(23)4-2-9-25-19/h2,4-6,9,11H,3,7-8,12H2,1H3,(H,26,27,29). The molecule has 2 aromatic heterocycles. The Hall–Kier alpha value is -3.67. The topological polar surface area (TPSA) is 96.6 Å². The van der Waals surface area contributed by atoms with Gasteiger partial charge < -0.3 is 10.1 Å². The van der Waals surface area contributed by atoms with Crippen LogP contribution in [0.4, 0.5) is 14.7 Å². The molecule has 0 atom stereocenters. The Bertz CT molecular complexity index is 1110. The molecule has 0 radical (unpaired) electrons. The molecule has 30 heavy (non-hydrogen) atoms. The number of rotatable bonds is 6. The second kappa shape index (κ2) is 7.99. The van der Waals surface area contributed by atoms with Crippen molar-refractivity contribution in [2.24, 2.45) is 0 Å². The third-order valence-electron chi connectivity index (χ3n) is 5.41. The number of ether oxygens (including phenoxy) is 1. The van der Waals surface area contributed by atoms with Crippen LogP contribution in [0.2, 0.25) is 0 Å². The van der Waals surface area contributed by atoms with Crippen LogP contribution in [0.5, 0.6) is 5.75 Å². The van der Waals surface area contributed by atoms with Crippen molar-refractivity contribution >= 4 is 5.95 Å². The lowest BCUT2D eigenvalue weighted by Crippen LogP contribution is -2.42. The predicted molar refractivity (Wildman–Crippen MR) is 105 cm³/mol. The molecule has 2 heterocycles. The Balaban J connectivity index is 1.56. The van der Waals surface area contributed by atoms with Crippen LogP contribution in [-0.2, 0) is 5.41 Å². The molecule has 152 valence electrons. The number of benzene rings is 1. The van der Waals surface area contributed by atoms with Gasteiger partial charge in [0, 0.05) is 18.2 Å². The van der Waals surface area contributed by atoms with Crippen LogP contribution in [-0.4, -0.2) is 33.8 Å². The van der Waals surface area contributed by atoms with Gasteiger partial charge in [0.1, 0.15) is 29.1 Å². The number of hydrogen-bond acceptors (Lipinski definition) is 7. The van der Waals surface area contributed by atoms with E-state index in [1.807, 2.05) is 6.07 Å². The minimum absolute atomic E-state index is 0.0223. The molecule has 3 aromatic rings. The predicted octanol–water partition coefficient (Wildman–Crippen LogP) is 3.63. The largest absolute Gasteiger partial charge is 0.495 e. The molecule has 1 aliphatic carbocycles. The Kier molecular flexibility index (Phi) is 5.23. The molecule has 0 amide bonds. The molecule has 1 N–H and O–H groups in total. The molecule has 7 nitrogen and oxygen atoms in total. The minimum atomic E-state index is -0.596. The van der Waals surface area contributed by atoms with Gasteiger partial charge in [0.2, 0.25) is 5.95 Å². The average molecular weight is 408 g/mol. The van der Waals surface area contributed by atoms with E-state index in [4.69, 9.17) is 4.74 Å². The molecule has 0 aliphatic heterocycles. The van der Waals surface area contributed by atoms with E-state index in [2.05, 4.69) is 25.5 Å². The summed E-state index contributed by atoms with van der Waals surface area (Å²) in [4.78, 5) is 8.43. The molecule has 0 bridgehead atoms. The monoisotopic (exact) mass is 408 g/mol. The van der Waals surface area contributed by atoms with E-state index in [-0.39, 0.29) is 34.3 Å². The van der Waals surface area contributed by atoms with Crippen LogP contribution in [0, 0.1) is 23.0 Å². The molecule has 1 aliphatic rings. The molecule has 1 saturated carbocycles. The summed E-state index contributed by atoms with van der Waals surface area (Å²) in [5.74, 6) is -0.611. The van der Waals surface area contributed by atoms with Crippen molar-refractivity contribution in [3.63, 3.8) is 0 Å². The summed E-state index contributed by atoms with van der Waals surface area (Å²) in [5, 5.41) is 20.3. The smallest absolute Gasteiger partial charge is 0.242 e. The Morgan fingerprint density at radius 2 is 2.00 bits per heavy atom. The Morgan fingerprint density at radius 1 is 1.17 bits per heavy atom. The van der Waals surface area contributed by atoms with Gasteiger partial charge in [0.25, 0.3) is 0 Å². The quantitative estimate of drug-likeness (QED) is 0.665. The van der Waals surface area contributed by atoms with Crippen LogP contribution in [0.25, 0.3) is 11.3 Å². The van der Waals surface area contributed by atoms with Crippen LogP contribution in [0.15, 0.2) is 36.7 Å². The highest BCUT2D eigenvalue weighted by atomic mass is 19.1. The first kappa shape index (κ1) is 19.6. The van der Waals surface area contributed by atoms with Crippen molar-refractivity contribution < 1.29 is 13.5 Å². The van der Waals surface area contributed by atoms with E-state index in [1.165, 1.54) is 31.5 Å². The zero-order chi connectivity index (χ0) is 21.1. The van der Waals surface area contributed by atoms with Gasteiger partial charge in [-0.25, -0.2) is 13.8 Å². The van der Waals surface area contributed by atoms with Crippen molar-refractivity contribution in [1.82, 2.24) is 20.2 Å².